The van der Waals surface area contributed by atoms with Crippen molar-refractivity contribution in [1.29, 1.82) is 0 Å². The molecule has 17 heavy (non-hydrogen) atoms. The Balaban J connectivity index is 2.21. The molecule has 1 aliphatic rings. The van der Waals surface area contributed by atoms with Gasteiger partial charge in [-0.1, -0.05) is 0 Å². The molecule has 0 bridgehead atoms. The minimum atomic E-state index is -0.401. The first-order valence-corrected chi connectivity index (χ1v) is 6.34. The fourth-order valence-corrected chi connectivity index (χ4v) is 1.80. The Bertz CT molecular complexity index is 270. The molecule has 2 N–H and O–H groups in total. The van der Waals surface area contributed by atoms with Gasteiger partial charge < -0.3 is 15.4 Å². The number of carbonyl (C=O) groups excluding carboxylic acids is 1. The van der Waals surface area contributed by atoms with Gasteiger partial charge in [-0.2, -0.15) is 0 Å². The van der Waals surface area contributed by atoms with E-state index in [9.17, 15) is 4.79 Å². The minimum Gasteiger partial charge on any atom is -0.444 e. The predicted molar refractivity (Wildman–Crippen MR) is 68.8 cm³/mol. The number of rotatable bonds is 3. The summed E-state index contributed by atoms with van der Waals surface area (Å²) in [6.07, 6.45) is 1.89. The summed E-state index contributed by atoms with van der Waals surface area (Å²) >= 11 is 0. The molecular formula is C13H26N2O2. The molecule has 0 radical (unpaired) electrons. The summed E-state index contributed by atoms with van der Waals surface area (Å²) in [7, 11) is 0. The third-order valence-corrected chi connectivity index (χ3v) is 2.81. The van der Waals surface area contributed by atoms with E-state index >= 15 is 0 Å². The van der Waals surface area contributed by atoms with Crippen LogP contribution in [0.15, 0.2) is 0 Å². The van der Waals surface area contributed by atoms with Crippen molar-refractivity contribution in [3.63, 3.8) is 0 Å². The molecule has 100 valence electrons. The number of carbonyl (C=O) groups is 1. The molecular weight excluding hydrogens is 216 g/mol. The van der Waals surface area contributed by atoms with E-state index < -0.39 is 5.60 Å². The van der Waals surface area contributed by atoms with Crippen molar-refractivity contribution in [2.75, 3.05) is 13.1 Å². The monoisotopic (exact) mass is 242 g/mol. The first kappa shape index (κ1) is 14.3. The molecule has 1 rings (SSSR count). The second-order valence-corrected chi connectivity index (χ2v) is 6.78. The van der Waals surface area contributed by atoms with Crippen LogP contribution in [0.25, 0.3) is 0 Å². The summed E-state index contributed by atoms with van der Waals surface area (Å²) in [6.45, 7) is 11.4. The Morgan fingerprint density at radius 1 is 1.29 bits per heavy atom. The smallest absolute Gasteiger partial charge is 0.410 e. The molecule has 0 spiro atoms. The molecule has 0 atom stereocenters. The van der Waals surface area contributed by atoms with Gasteiger partial charge in [0.25, 0.3) is 0 Å². The third-order valence-electron chi connectivity index (χ3n) is 2.81. The van der Waals surface area contributed by atoms with Crippen LogP contribution < -0.4 is 5.73 Å². The molecule has 1 saturated heterocycles. The molecule has 4 heteroatoms. The SMILES string of the molecule is CC(C)(N)CCC1CN(C(=O)OC(C)(C)C)C1. The van der Waals surface area contributed by atoms with Crippen molar-refractivity contribution >= 4 is 6.09 Å². The average Bonchev–Trinajstić information content (AvgIpc) is 1.94. The predicted octanol–water partition coefficient (Wildman–Crippen LogP) is 2.37. The number of nitrogens with zero attached hydrogens (tertiary/aromatic N) is 1. The van der Waals surface area contributed by atoms with Gasteiger partial charge in [-0.3, -0.25) is 0 Å². The number of likely N-dealkylation sites (tertiary alicyclic amines) is 1. The van der Waals surface area contributed by atoms with Crippen LogP contribution in [0.4, 0.5) is 4.79 Å². The lowest BCUT2D eigenvalue weighted by atomic mass is 9.89. The van der Waals surface area contributed by atoms with Crippen LogP contribution in [-0.4, -0.2) is 35.2 Å². The van der Waals surface area contributed by atoms with Crippen molar-refractivity contribution in [3.8, 4) is 0 Å². The van der Waals surface area contributed by atoms with Gasteiger partial charge in [0.05, 0.1) is 0 Å². The maximum absolute atomic E-state index is 11.7. The van der Waals surface area contributed by atoms with Gasteiger partial charge in [0.2, 0.25) is 0 Å². The summed E-state index contributed by atoms with van der Waals surface area (Å²) < 4.78 is 5.30. The van der Waals surface area contributed by atoms with Gasteiger partial charge in [-0.25, -0.2) is 4.79 Å². The maximum Gasteiger partial charge on any atom is 0.410 e. The lowest BCUT2D eigenvalue weighted by Crippen LogP contribution is -2.52. The Kier molecular flexibility index (Phi) is 4.07. The zero-order valence-corrected chi connectivity index (χ0v) is 11.7. The van der Waals surface area contributed by atoms with E-state index in [0.29, 0.717) is 5.92 Å². The summed E-state index contributed by atoms with van der Waals surface area (Å²) in [5.41, 5.74) is 5.43. The summed E-state index contributed by atoms with van der Waals surface area (Å²) in [4.78, 5) is 13.4. The zero-order chi connectivity index (χ0) is 13.3. The van der Waals surface area contributed by atoms with Gasteiger partial charge in [-0.05, 0) is 53.4 Å². The lowest BCUT2D eigenvalue weighted by molar-refractivity contribution is -0.00289. The van der Waals surface area contributed by atoms with E-state index in [-0.39, 0.29) is 11.6 Å². The van der Waals surface area contributed by atoms with Crippen molar-refractivity contribution in [2.45, 2.75) is 58.6 Å². The van der Waals surface area contributed by atoms with E-state index in [2.05, 4.69) is 0 Å². The maximum atomic E-state index is 11.7. The Hall–Kier alpha value is -0.770. The fraction of sp³-hybridized carbons (Fsp3) is 0.923. The highest BCUT2D eigenvalue weighted by Gasteiger charge is 2.33. The molecule has 4 nitrogen and oxygen atoms in total. The minimum absolute atomic E-state index is 0.105. The number of hydrogen-bond donors (Lipinski definition) is 1. The molecule has 0 unspecified atom stereocenters. The zero-order valence-electron chi connectivity index (χ0n) is 11.7. The Morgan fingerprint density at radius 2 is 1.82 bits per heavy atom. The van der Waals surface area contributed by atoms with Crippen LogP contribution in [0.2, 0.25) is 0 Å². The summed E-state index contributed by atoms with van der Waals surface area (Å²) in [5.74, 6) is 0.588. The molecule has 1 heterocycles. The van der Waals surface area contributed by atoms with E-state index in [1.807, 2.05) is 34.6 Å². The first-order valence-electron chi connectivity index (χ1n) is 6.34. The van der Waals surface area contributed by atoms with Crippen molar-refractivity contribution in [2.24, 2.45) is 11.7 Å². The largest absolute Gasteiger partial charge is 0.444 e. The van der Waals surface area contributed by atoms with Gasteiger partial charge in [-0.15, -0.1) is 0 Å². The standard InChI is InChI=1S/C13H26N2O2/c1-12(2,3)17-11(16)15-8-10(9-15)6-7-13(4,5)14/h10H,6-9,14H2,1-5H3. The molecule has 1 amide bonds. The quantitative estimate of drug-likeness (QED) is 0.826. The topological polar surface area (TPSA) is 55.6 Å². The highest BCUT2D eigenvalue weighted by atomic mass is 16.6. The van der Waals surface area contributed by atoms with Crippen LogP contribution in [0.3, 0.4) is 0 Å². The van der Waals surface area contributed by atoms with Crippen molar-refractivity contribution in [1.82, 2.24) is 4.90 Å². The summed E-state index contributed by atoms with van der Waals surface area (Å²) in [6, 6.07) is 0. The normalized spacial score (nSPS) is 17.9. The molecule has 1 aliphatic heterocycles. The van der Waals surface area contributed by atoms with Gasteiger partial charge in [0.15, 0.2) is 0 Å². The summed E-state index contributed by atoms with van der Waals surface area (Å²) in [5, 5.41) is 0. The Labute approximate surface area is 104 Å². The van der Waals surface area contributed by atoms with E-state index in [1.165, 1.54) is 0 Å². The van der Waals surface area contributed by atoms with E-state index in [4.69, 9.17) is 10.5 Å². The molecule has 1 fully saturated rings. The average molecular weight is 242 g/mol. The van der Waals surface area contributed by atoms with E-state index in [0.717, 1.165) is 25.9 Å². The fourth-order valence-electron chi connectivity index (χ4n) is 1.80. The van der Waals surface area contributed by atoms with E-state index in [1.54, 1.807) is 4.90 Å². The number of hydrogen-bond acceptors (Lipinski definition) is 3. The van der Waals surface area contributed by atoms with Crippen LogP contribution in [0, 0.1) is 5.92 Å². The first-order chi connectivity index (χ1) is 7.57. The van der Waals surface area contributed by atoms with Crippen molar-refractivity contribution < 1.29 is 9.53 Å². The number of nitrogens with two attached hydrogens (primary N) is 1. The molecule has 0 aromatic heterocycles. The highest BCUT2D eigenvalue weighted by Crippen LogP contribution is 2.25. The molecule has 0 aromatic carbocycles. The lowest BCUT2D eigenvalue weighted by Gasteiger charge is -2.40. The molecule has 0 aromatic rings. The third kappa shape index (κ3) is 5.39. The van der Waals surface area contributed by atoms with Gasteiger partial charge >= 0.3 is 6.09 Å². The van der Waals surface area contributed by atoms with Crippen LogP contribution >= 0.6 is 0 Å². The number of ether oxygens (including phenoxy) is 1. The second-order valence-electron chi connectivity index (χ2n) is 6.78. The molecule has 0 saturated carbocycles. The highest BCUT2D eigenvalue weighted by molar-refractivity contribution is 5.69. The van der Waals surface area contributed by atoms with Gasteiger partial charge in [0.1, 0.15) is 5.60 Å². The molecule has 0 aliphatic carbocycles. The van der Waals surface area contributed by atoms with Crippen LogP contribution in [0.5, 0.6) is 0 Å². The van der Waals surface area contributed by atoms with Crippen molar-refractivity contribution in [3.05, 3.63) is 0 Å². The van der Waals surface area contributed by atoms with Crippen LogP contribution in [0.1, 0.15) is 47.5 Å². The number of amides is 1. The van der Waals surface area contributed by atoms with Gasteiger partial charge in [0, 0.05) is 18.6 Å². The van der Waals surface area contributed by atoms with Crippen LogP contribution in [-0.2, 0) is 4.74 Å². The Morgan fingerprint density at radius 3 is 2.24 bits per heavy atom. The second kappa shape index (κ2) is 4.84.